The van der Waals surface area contributed by atoms with Gasteiger partial charge in [-0.15, -0.1) is 0 Å². The number of urea groups is 1. The van der Waals surface area contributed by atoms with Gasteiger partial charge in [-0.3, -0.25) is 0 Å². The number of hydrogen-bond acceptors (Lipinski definition) is 2. The Bertz CT molecular complexity index is 350. The van der Waals surface area contributed by atoms with Crippen LogP contribution in [0.1, 0.15) is 19.4 Å². The van der Waals surface area contributed by atoms with Crippen LogP contribution >= 0.6 is 0 Å². The summed E-state index contributed by atoms with van der Waals surface area (Å²) in [6, 6.07) is 9.49. The summed E-state index contributed by atoms with van der Waals surface area (Å²) < 4.78 is 0. The van der Waals surface area contributed by atoms with E-state index in [1.165, 1.54) is 0 Å². The third-order valence-corrected chi connectivity index (χ3v) is 2.92. The van der Waals surface area contributed by atoms with Gasteiger partial charge in [-0.25, -0.2) is 4.79 Å². The molecule has 0 aromatic heterocycles. The minimum absolute atomic E-state index is 0.0537. The van der Waals surface area contributed by atoms with Gasteiger partial charge in [-0.05, 0) is 25.8 Å². The molecule has 4 heteroatoms. The molecule has 1 aromatic rings. The van der Waals surface area contributed by atoms with Gasteiger partial charge in [-0.2, -0.15) is 0 Å². The summed E-state index contributed by atoms with van der Waals surface area (Å²) in [5, 5.41) is 12.2. The Morgan fingerprint density at radius 2 is 1.89 bits per heavy atom. The Balaban J connectivity index is 2.54. The van der Waals surface area contributed by atoms with Crippen molar-refractivity contribution in [3.05, 3.63) is 35.9 Å². The normalized spacial score (nSPS) is 11.9. The molecule has 0 bridgehead atoms. The first-order chi connectivity index (χ1) is 8.71. The first kappa shape index (κ1) is 14.5. The minimum Gasteiger partial charge on any atom is -0.394 e. The van der Waals surface area contributed by atoms with Crippen LogP contribution in [0, 0.1) is 0 Å². The maximum atomic E-state index is 11.9. The number of carbonyl (C=O) groups excluding carboxylic acids is 1. The van der Waals surface area contributed by atoms with Crippen LogP contribution in [0.15, 0.2) is 30.3 Å². The van der Waals surface area contributed by atoms with Gasteiger partial charge in [0, 0.05) is 13.1 Å². The van der Waals surface area contributed by atoms with Crippen LogP contribution in [0.5, 0.6) is 0 Å². The van der Waals surface area contributed by atoms with E-state index in [2.05, 4.69) is 5.32 Å². The molecule has 0 heterocycles. The number of aliphatic hydroxyl groups excluding tert-OH is 1. The van der Waals surface area contributed by atoms with E-state index < -0.39 is 0 Å². The summed E-state index contributed by atoms with van der Waals surface area (Å²) in [5.41, 5.74) is 1.11. The summed E-state index contributed by atoms with van der Waals surface area (Å²) in [5.74, 6) is 0. The maximum absolute atomic E-state index is 11.9. The Labute approximate surface area is 109 Å². The molecule has 0 radical (unpaired) electrons. The van der Waals surface area contributed by atoms with Crippen molar-refractivity contribution in [2.24, 2.45) is 0 Å². The Kier molecular flexibility index (Phi) is 6.22. The zero-order chi connectivity index (χ0) is 13.4. The second-order valence-corrected chi connectivity index (χ2v) is 4.19. The average Bonchev–Trinajstić information content (AvgIpc) is 2.40. The van der Waals surface area contributed by atoms with Crippen molar-refractivity contribution in [3.8, 4) is 0 Å². The Morgan fingerprint density at radius 1 is 1.28 bits per heavy atom. The van der Waals surface area contributed by atoms with E-state index in [9.17, 15) is 9.90 Å². The second-order valence-electron chi connectivity index (χ2n) is 4.19. The number of carbonyl (C=O) groups is 1. The average molecular weight is 250 g/mol. The minimum atomic E-state index is -0.236. The van der Waals surface area contributed by atoms with Gasteiger partial charge in [0.15, 0.2) is 0 Å². The van der Waals surface area contributed by atoms with E-state index in [0.717, 1.165) is 5.56 Å². The van der Waals surface area contributed by atoms with Crippen molar-refractivity contribution in [1.29, 1.82) is 0 Å². The molecule has 18 heavy (non-hydrogen) atoms. The van der Waals surface area contributed by atoms with Crippen LogP contribution in [0.2, 0.25) is 0 Å². The van der Waals surface area contributed by atoms with Crippen molar-refractivity contribution >= 4 is 6.03 Å². The maximum Gasteiger partial charge on any atom is 0.317 e. The molecular weight excluding hydrogens is 228 g/mol. The van der Waals surface area contributed by atoms with E-state index >= 15 is 0 Å². The molecule has 100 valence electrons. The molecular formula is C14H22N2O2. The molecule has 1 aromatic carbocycles. The standard InChI is InChI=1S/C14H22N2O2/c1-3-16(4-2)14(18)15-13(11-17)10-12-8-6-5-7-9-12/h5-9,13,17H,3-4,10-11H2,1-2H3,(H,15,18)/t13-/m0/s1. The lowest BCUT2D eigenvalue weighted by Crippen LogP contribution is -2.46. The monoisotopic (exact) mass is 250 g/mol. The molecule has 0 spiro atoms. The highest BCUT2D eigenvalue weighted by Crippen LogP contribution is 2.03. The summed E-state index contributed by atoms with van der Waals surface area (Å²) in [6.45, 7) is 5.17. The molecule has 0 fully saturated rings. The fourth-order valence-electron chi connectivity index (χ4n) is 1.84. The zero-order valence-electron chi connectivity index (χ0n) is 11.1. The number of nitrogens with one attached hydrogen (secondary N) is 1. The summed E-state index contributed by atoms with van der Waals surface area (Å²) in [7, 11) is 0. The lowest BCUT2D eigenvalue weighted by Gasteiger charge is -2.23. The molecule has 0 aliphatic heterocycles. The van der Waals surface area contributed by atoms with Crippen LogP contribution in [0.25, 0.3) is 0 Å². The second kappa shape index (κ2) is 7.71. The number of benzene rings is 1. The van der Waals surface area contributed by atoms with Crippen LogP contribution in [0.3, 0.4) is 0 Å². The first-order valence-corrected chi connectivity index (χ1v) is 6.41. The van der Waals surface area contributed by atoms with E-state index in [1.807, 2.05) is 44.2 Å². The van der Waals surface area contributed by atoms with Crippen LogP contribution in [0.4, 0.5) is 4.79 Å². The Morgan fingerprint density at radius 3 is 2.39 bits per heavy atom. The lowest BCUT2D eigenvalue weighted by molar-refractivity contribution is 0.186. The van der Waals surface area contributed by atoms with Gasteiger partial charge >= 0.3 is 6.03 Å². The summed E-state index contributed by atoms with van der Waals surface area (Å²) >= 11 is 0. The van der Waals surface area contributed by atoms with E-state index in [4.69, 9.17) is 0 Å². The van der Waals surface area contributed by atoms with E-state index in [-0.39, 0.29) is 18.7 Å². The molecule has 1 rings (SSSR count). The molecule has 0 saturated carbocycles. The molecule has 2 N–H and O–H groups in total. The zero-order valence-corrected chi connectivity index (χ0v) is 11.1. The molecule has 4 nitrogen and oxygen atoms in total. The number of rotatable bonds is 6. The van der Waals surface area contributed by atoms with Crippen LogP contribution < -0.4 is 5.32 Å². The van der Waals surface area contributed by atoms with E-state index in [0.29, 0.717) is 19.5 Å². The van der Waals surface area contributed by atoms with Gasteiger partial charge in [0.1, 0.15) is 0 Å². The van der Waals surface area contributed by atoms with Gasteiger partial charge in [0.05, 0.1) is 12.6 Å². The van der Waals surface area contributed by atoms with E-state index in [1.54, 1.807) is 4.90 Å². The number of aliphatic hydroxyl groups is 1. The molecule has 0 unspecified atom stereocenters. The van der Waals surface area contributed by atoms with Gasteiger partial charge < -0.3 is 15.3 Å². The third kappa shape index (κ3) is 4.37. The predicted molar refractivity (Wildman–Crippen MR) is 72.5 cm³/mol. The predicted octanol–water partition coefficient (Wildman–Crippen LogP) is 1.64. The highest BCUT2D eigenvalue weighted by Gasteiger charge is 2.15. The fourth-order valence-corrected chi connectivity index (χ4v) is 1.84. The van der Waals surface area contributed by atoms with Gasteiger partial charge in [0.25, 0.3) is 0 Å². The highest BCUT2D eigenvalue weighted by atomic mass is 16.3. The lowest BCUT2D eigenvalue weighted by atomic mass is 10.1. The smallest absolute Gasteiger partial charge is 0.317 e. The molecule has 0 aliphatic rings. The number of hydrogen-bond donors (Lipinski definition) is 2. The van der Waals surface area contributed by atoms with Gasteiger partial charge in [0.2, 0.25) is 0 Å². The largest absolute Gasteiger partial charge is 0.394 e. The van der Waals surface area contributed by atoms with Gasteiger partial charge in [-0.1, -0.05) is 30.3 Å². The molecule has 2 amide bonds. The van der Waals surface area contributed by atoms with Crippen molar-refractivity contribution in [2.45, 2.75) is 26.3 Å². The van der Waals surface area contributed by atoms with Crippen molar-refractivity contribution < 1.29 is 9.90 Å². The van der Waals surface area contributed by atoms with Crippen LogP contribution in [-0.4, -0.2) is 41.8 Å². The highest BCUT2D eigenvalue weighted by molar-refractivity contribution is 5.74. The SMILES string of the molecule is CCN(CC)C(=O)N[C@H](CO)Cc1ccccc1. The number of nitrogens with zero attached hydrogens (tertiary/aromatic N) is 1. The quantitative estimate of drug-likeness (QED) is 0.806. The Hall–Kier alpha value is -1.55. The summed E-state index contributed by atoms with van der Waals surface area (Å²) in [4.78, 5) is 13.6. The van der Waals surface area contributed by atoms with Crippen LogP contribution in [-0.2, 0) is 6.42 Å². The fraction of sp³-hybridized carbons (Fsp3) is 0.500. The van der Waals surface area contributed by atoms with Crippen molar-refractivity contribution in [2.75, 3.05) is 19.7 Å². The number of amides is 2. The molecule has 0 saturated heterocycles. The molecule has 0 aliphatic carbocycles. The molecule has 1 atom stereocenters. The topological polar surface area (TPSA) is 52.6 Å². The summed E-state index contributed by atoms with van der Waals surface area (Å²) in [6.07, 6.45) is 0.643. The van der Waals surface area contributed by atoms with Crippen molar-refractivity contribution in [3.63, 3.8) is 0 Å². The third-order valence-electron chi connectivity index (χ3n) is 2.92. The van der Waals surface area contributed by atoms with Crippen molar-refractivity contribution in [1.82, 2.24) is 10.2 Å². The first-order valence-electron chi connectivity index (χ1n) is 6.41.